The largest absolute Gasteiger partial charge is 0.484 e. The predicted octanol–water partition coefficient (Wildman–Crippen LogP) is 6.12. The first-order chi connectivity index (χ1) is 14.5. The van der Waals surface area contributed by atoms with Crippen molar-refractivity contribution in [3.63, 3.8) is 0 Å². The van der Waals surface area contributed by atoms with Gasteiger partial charge in [0, 0.05) is 27.0 Å². The minimum atomic E-state index is -0.447. The van der Waals surface area contributed by atoms with Crippen molar-refractivity contribution >= 4 is 28.5 Å². The van der Waals surface area contributed by atoms with E-state index in [0.29, 0.717) is 22.6 Å². The molecule has 0 saturated carbocycles. The van der Waals surface area contributed by atoms with Crippen LogP contribution in [-0.2, 0) is 0 Å². The average molecular weight is 512 g/mol. The highest BCUT2D eigenvalue weighted by molar-refractivity contribution is 14.1. The van der Waals surface area contributed by atoms with Crippen molar-refractivity contribution in [1.82, 2.24) is 9.78 Å². The van der Waals surface area contributed by atoms with Gasteiger partial charge in [-0.05, 0) is 77.5 Å². The van der Waals surface area contributed by atoms with Crippen molar-refractivity contribution in [3.8, 4) is 16.9 Å². The number of aromatic nitrogens is 2. The van der Waals surface area contributed by atoms with E-state index in [4.69, 9.17) is 4.74 Å². The third-order valence-corrected chi connectivity index (χ3v) is 5.38. The van der Waals surface area contributed by atoms with E-state index in [1.54, 1.807) is 36.5 Å². The molecule has 1 unspecified atom stereocenters. The number of rotatable bonds is 5. The molecule has 150 valence electrons. The highest BCUT2D eigenvalue weighted by atomic mass is 127. The lowest BCUT2D eigenvalue weighted by molar-refractivity contribution is 0.0943. The highest BCUT2D eigenvalue weighted by Gasteiger charge is 2.16. The van der Waals surface area contributed by atoms with Gasteiger partial charge in [0.1, 0.15) is 23.4 Å². The maximum absolute atomic E-state index is 14.6. The molecule has 4 aromatic rings. The Morgan fingerprint density at radius 2 is 1.77 bits per heavy atom. The van der Waals surface area contributed by atoms with Crippen LogP contribution in [0.4, 0.5) is 4.39 Å². The zero-order valence-corrected chi connectivity index (χ0v) is 18.3. The molecule has 0 spiro atoms. The Balaban J connectivity index is 1.48. The average Bonchev–Trinajstić information content (AvgIpc) is 3.25. The molecule has 1 heterocycles. The van der Waals surface area contributed by atoms with Crippen molar-refractivity contribution < 1.29 is 13.9 Å². The lowest BCUT2D eigenvalue weighted by Crippen LogP contribution is -2.14. The Labute approximate surface area is 187 Å². The van der Waals surface area contributed by atoms with Gasteiger partial charge in [0.05, 0.1) is 0 Å². The molecule has 0 aliphatic heterocycles. The van der Waals surface area contributed by atoms with Gasteiger partial charge >= 0.3 is 0 Å². The molecule has 1 atom stereocenters. The SMILES string of the molecule is CC(Oc1ccc(-c2ccccc2)c(F)c1)c1ccn(C(=O)c2ccc(I)cc2)n1. The molecule has 6 heteroatoms. The molecule has 0 aliphatic carbocycles. The van der Waals surface area contributed by atoms with E-state index in [-0.39, 0.29) is 11.7 Å². The van der Waals surface area contributed by atoms with E-state index in [1.807, 2.05) is 49.4 Å². The second kappa shape index (κ2) is 8.79. The summed E-state index contributed by atoms with van der Waals surface area (Å²) in [5, 5.41) is 4.34. The van der Waals surface area contributed by atoms with Crippen LogP contribution in [0.1, 0.15) is 29.1 Å². The molecule has 3 aromatic carbocycles. The van der Waals surface area contributed by atoms with Crippen LogP contribution in [0.2, 0.25) is 0 Å². The maximum atomic E-state index is 14.6. The fraction of sp³-hybridized carbons (Fsp3) is 0.0833. The van der Waals surface area contributed by atoms with Crippen molar-refractivity contribution in [2.75, 3.05) is 0 Å². The summed E-state index contributed by atoms with van der Waals surface area (Å²) < 4.78 is 22.8. The minimum Gasteiger partial charge on any atom is -0.484 e. The van der Waals surface area contributed by atoms with Crippen LogP contribution in [0.3, 0.4) is 0 Å². The summed E-state index contributed by atoms with van der Waals surface area (Å²) in [5.41, 5.74) is 2.46. The first-order valence-corrected chi connectivity index (χ1v) is 10.5. The topological polar surface area (TPSA) is 44.1 Å². The van der Waals surface area contributed by atoms with Gasteiger partial charge in [-0.15, -0.1) is 0 Å². The summed E-state index contributed by atoms with van der Waals surface area (Å²) in [6.45, 7) is 1.81. The summed E-state index contributed by atoms with van der Waals surface area (Å²) in [4.78, 5) is 12.6. The number of ether oxygens (including phenoxy) is 1. The van der Waals surface area contributed by atoms with Crippen LogP contribution in [0.5, 0.6) is 5.75 Å². The summed E-state index contributed by atoms with van der Waals surface area (Å²) >= 11 is 2.19. The second-order valence-corrected chi connectivity index (χ2v) is 8.01. The number of carbonyl (C=O) groups is 1. The molecule has 0 bridgehead atoms. The van der Waals surface area contributed by atoms with Crippen LogP contribution < -0.4 is 4.74 Å². The zero-order chi connectivity index (χ0) is 21.1. The van der Waals surface area contributed by atoms with Crippen LogP contribution in [0.15, 0.2) is 85.1 Å². The number of benzene rings is 3. The van der Waals surface area contributed by atoms with Crippen LogP contribution >= 0.6 is 22.6 Å². The Morgan fingerprint density at radius 3 is 2.47 bits per heavy atom. The Bertz CT molecular complexity index is 1170. The van der Waals surface area contributed by atoms with Gasteiger partial charge in [-0.25, -0.2) is 9.07 Å². The highest BCUT2D eigenvalue weighted by Crippen LogP contribution is 2.28. The van der Waals surface area contributed by atoms with Gasteiger partial charge in [-0.3, -0.25) is 4.79 Å². The van der Waals surface area contributed by atoms with E-state index in [2.05, 4.69) is 27.7 Å². The summed E-state index contributed by atoms with van der Waals surface area (Å²) in [5.74, 6) is -0.174. The molecule has 0 amide bonds. The molecule has 4 nitrogen and oxygen atoms in total. The smallest absolute Gasteiger partial charge is 0.278 e. The Morgan fingerprint density at radius 1 is 1.03 bits per heavy atom. The van der Waals surface area contributed by atoms with E-state index in [9.17, 15) is 9.18 Å². The number of hydrogen-bond acceptors (Lipinski definition) is 3. The molecule has 30 heavy (non-hydrogen) atoms. The van der Waals surface area contributed by atoms with Gasteiger partial charge in [0.15, 0.2) is 0 Å². The van der Waals surface area contributed by atoms with E-state index >= 15 is 0 Å². The van der Waals surface area contributed by atoms with Crippen molar-refractivity contribution in [2.45, 2.75) is 13.0 Å². The molecule has 0 aliphatic rings. The fourth-order valence-corrected chi connectivity index (χ4v) is 3.44. The Kier molecular flexibility index (Phi) is 5.94. The molecule has 4 rings (SSSR count). The summed E-state index contributed by atoms with van der Waals surface area (Å²) in [6, 6.07) is 23.2. The van der Waals surface area contributed by atoms with Crippen molar-refractivity contribution in [3.05, 3.63) is 106 Å². The van der Waals surface area contributed by atoms with E-state index < -0.39 is 6.10 Å². The normalized spacial score (nSPS) is 11.8. The van der Waals surface area contributed by atoms with Crippen molar-refractivity contribution in [2.24, 2.45) is 0 Å². The van der Waals surface area contributed by atoms with E-state index in [1.165, 1.54) is 10.7 Å². The van der Waals surface area contributed by atoms with E-state index in [0.717, 1.165) is 9.13 Å². The standard InChI is InChI=1S/C24H18FIN2O2/c1-16(23-13-14-28(27-23)24(29)18-7-9-19(26)10-8-18)30-20-11-12-21(22(25)15-20)17-5-3-2-4-6-17/h2-16H,1H3. The zero-order valence-electron chi connectivity index (χ0n) is 16.1. The third kappa shape index (κ3) is 4.43. The third-order valence-electron chi connectivity index (χ3n) is 4.66. The first kappa shape index (κ1) is 20.3. The van der Waals surface area contributed by atoms with Gasteiger partial charge in [0.25, 0.3) is 5.91 Å². The van der Waals surface area contributed by atoms with Gasteiger partial charge in [-0.1, -0.05) is 30.3 Å². The molecule has 0 fully saturated rings. The van der Waals surface area contributed by atoms with Gasteiger partial charge in [-0.2, -0.15) is 5.10 Å². The fourth-order valence-electron chi connectivity index (χ4n) is 3.08. The van der Waals surface area contributed by atoms with Gasteiger partial charge in [0.2, 0.25) is 0 Å². The lowest BCUT2D eigenvalue weighted by atomic mass is 10.1. The summed E-state index contributed by atoms with van der Waals surface area (Å²) in [6.07, 6.45) is 1.16. The minimum absolute atomic E-state index is 0.219. The Hall–Kier alpha value is -3.00. The number of carbonyl (C=O) groups excluding carboxylic acids is 1. The van der Waals surface area contributed by atoms with Crippen LogP contribution in [-0.4, -0.2) is 15.7 Å². The molecule has 1 aromatic heterocycles. The number of nitrogens with zero attached hydrogens (tertiary/aromatic N) is 2. The van der Waals surface area contributed by atoms with Crippen molar-refractivity contribution in [1.29, 1.82) is 0 Å². The van der Waals surface area contributed by atoms with Crippen LogP contribution in [0.25, 0.3) is 11.1 Å². The number of hydrogen-bond donors (Lipinski definition) is 0. The van der Waals surface area contributed by atoms with Gasteiger partial charge < -0.3 is 4.74 Å². The molecule has 0 N–H and O–H groups in total. The van der Waals surface area contributed by atoms with Crippen LogP contribution in [0, 0.1) is 9.39 Å². The number of halogens is 2. The molecular weight excluding hydrogens is 494 g/mol. The quantitative estimate of drug-likeness (QED) is 0.303. The molecular formula is C24H18FIN2O2. The summed E-state index contributed by atoms with van der Waals surface area (Å²) in [7, 11) is 0. The maximum Gasteiger partial charge on any atom is 0.278 e. The monoisotopic (exact) mass is 512 g/mol. The lowest BCUT2D eigenvalue weighted by Gasteiger charge is -2.13. The molecule has 0 saturated heterocycles. The molecule has 0 radical (unpaired) electrons. The first-order valence-electron chi connectivity index (χ1n) is 9.39. The predicted molar refractivity (Wildman–Crippen MR) is 122 cm³/mol. The second-order valence-electron chi connectivity index (χ2n) is 6.76.